The molecule has 3 aromatic rings. The van der Waals surface area contributed by atoms with Crippen LogP contribution in [0, 0.1) is 6.92 Å². The van der Waals surface area contributed by atoms with Crippen LogP contribution in [0.15, 0.2) is 42.9 Å². The van der Waals surface area contributed by atoms with E-state index in [-0.39, 0.29) is 12.5 Å². The van der Waals surface area contributed by atoms with Gasteiger partial charge in [-0.25, -0.2) is 0 Å². The van der Waals surface area contributed by atoms with Crippen LogP contribution in [0.2, 0.25) is 0 Å². The van der Waals surface area contributed by atoms with Crippen LogP contribution in [-0.4, -0.2) is 30.5 Å². The Balaban J connectivity index is 1.67. The summed E-state index contributed by atoms with van der Waals surface area (Å²) in [5, 5.41) is 11.4. The summed E-state index contributed by atoms with van der Waals surface area (Å²) in [7, 11) is 1.79. The summed E-state index contributed by atoms with van der Waals surface area (Å²) < 4.78 is 3.24. The molecule has 7 nitrogen and oxygen atoms in total. The molecule has 3 heterocycles. The lowest BCUT2D eigenvalue weighted by Gasteiger charge is -2.05. The van der Waals surface area contributed by atoms with Crippen molar-refractivity contribution in [2.45, 2.75) is 13.5 Å². The Bertz CT molecular complexity index is 789. The van der Waals surface area contributed by atoms with Crippen LogP contribution in [0.25, 0.3) is 11.3 Å². The van der Waals surface area contributed by atoms with E-state index in [4.69, 9.17) is 0 Å². The van der Waals surface area contributed by atoms with Crippen molar-refractivity contribution in [3.05, 3.63) is 48.5 Å². The Labute approximate surface area is 127 Å². The lowest BCUT2D eigenvalue weighted by Crippen LogP contribution is -2.20. The fourth-order valence-electron chi connectivity index (χ4n) is 2.18. The van der Waals surface area contributed by atoms with Gasteiger partial charge in [-0.3, -0.25) is 19.1 Å². The lowest BCUT2D eigenvalue weighted by molar-refractivity contribution is -0.116. The van der Waals surface area contributed by atoms with Gasteiger partial charge in [-0.15, -0.1) is 0 Å². The topological polar surface area (TPSA) is 77.6 Å². The van der Waals surface area contributed by atoms with Gasteiger partial charge in [-0.2, -0.15) is 10.2 Å². The summed E-state index contributed by atoms with van der Waals surface area (Å²) in [4.78, 5) is 16.0. The molecule has 0 aliphatic carbocycles. The number of carbonyl (C=O) groups is 1. The van der Waals surface area contributed by atoms with Crippen molar-refractivity contribution in [3.63, 3.8) is 0 Å². The van der Waals surface area contributed by atoms with Gasteiger partial charge < -0.3 is 5.32 Å². The van der Waals surface area contributed by atoms with Crippen LogP contribution in [-0.2, 0) is 18.4 Å². The molecule has 0 aromatic carbocycles. The smallest absolute Gasteiger partial charge is 0.247 e. The first kappa shape index (κ1) is 14.0. The molecule has 0 fully saturated rings. The van der Waals surface area contributed by atoms with E-state index in [2.05, 4.69) is 20.5 Å². The first-order chi connectivity index (χ1) is 10.6. The molecule has 0 atom stereocenters. The van der Waals surface area contributed by atoms with Crippen LogP contribution in [0.3, 0.4) is 0 Å². The van der Waals surface area contributed by atoms with E-state index in [9.17, 15) is 4.79 Å². The third-order valence-corrected chi connectivity index (χ3v) is 3.19. The molecule has 1 amide bonds. The standard InChI is InChI=1S/C15H16N6O/c1-11-9-14(20(2)18-11)17-15(22)10-21-8-5-13(19-21)12-3-6-16-7-4-12/h3-9H,10H2,1-2H3,(H,17,22). The first-order valence-corrected chi connectivity index (χ1v) is 6.86. The fourth-order valence-corrected chi connectivity index (χ4v) is 2.18. The van der Waals surface area contributed by atoms with E-state index >= 15 is 0 Å². The summed E-state index contributed by atoms with van der Waals surface area (Å²) in [6.45, 7) is 2.03. The van der Waals surface area contributed by atoms with Crippen molar-refractivity contribution in [3.8, 4) is 11.3 Å². The fraction of sp³-hybridized carbons (Fsp3) is 0.200. The van der Waals surface area contributed by atoms with Crippen LogP contribution in [0.4, 0.5) is 5.82 Å². The number of nitrogens with one attached hydrogen (secondary N) is 1. The maximum Gasteiger partial charge on any atom is 0.247 e. The summed E-state index contributed by atoms with van der Waals surface area (Å²) in [5.41, 5.74) is 2.64. The van der Waals surface area contributed by atoms with Crippen molar-refractivity contribution in [2.24, 2.45) is 7.05 Å². The zero-order valence-corrected chi connectivity index (χ0v) is 12.4. The van der Waals surface area contributed by atoms with Crippen molar-refractivity contribution >= 4 is 11.7 Å². The number of hydrogen-bond acceptors (Lipinski definition) is 4. The predicted octanol–water partition coefficient (Wildman–Crippen LogP) is 1.63. The number of anilines is 1. The van der Waals surface area contributed by atoms with Crippen molar-refractivity contribution < 1.29 is 4.79 Å². The quantitative estimate of drug-likeness (QED) is 0.793. The Morgan fingerprint density at radius 3 is 2.68 bits per heavy atom. The predicted molar refractivity (Wildman–Crippen MR) is 82.0 cm³/mol. The summed E-state index contributed by atoms with van der Waals surface area (Å²) in [5.74, 6) is 0.524. The number of hydrogen-bond donors (Lipinski definition) is 1. The molecule has 0 spiro atoms. The third kappa shape index (κ3) is 3.03. The van der Waals surface area contributed by atoms with E-state index < -0.39 is 0 Å². The maximum absolute atomic E-state index is 12.1. The molecule has 0 aliphatic rings. The van der Waals surface area contributed by atoms with E-state index in [0.717, 1.165) is 17.0 Å². The Kier molecular flexibility index (Phi) is 3.69. The molecule has 0 bridgehead atoms. The zero-order chi connectivity index (χ0) is 15.5. The van der Waals surface area contributed by atoms with Crippen LogP contribution < -0.4 is 5.32 Å². The molecule has 3 rings (SSSR count). The molecule has 0 saturated carbocycles. The summed E-state index contributed by atoms with van der Waals surface area (Å²) in [6.07, 6.45) is 5.21. The second kappa shape index (κ2) is 5.80. The average molecular weight is 296 g/mol. The maximum atomic E-state index is 12.1. The molecular weight excluding hydrogens is 280 g/mol. The van der Waals surface area contributed by atoms with Crippen molar-refractivity contribution in [1.82, 2.24) is 24.5 Å². The minimum atomic E-state index is -0.146. The molecule has 0 aliphatic heterocycles. The highest BCUT2D eigenvalue weighted by Crippen LogP contribution is 2.15. The van der Waals surface area contributed by atoms with Gasteiger partial charge in [0.25, 0.3) is 0 Å². The number of carbonyl (C=O) groups excluding carboxylic acids is 1. The minimum Gasteiger partial charge on any atom is -0.309 e. The van der Waals surface area contributed by atoms with E-state index in [1.54, 1.807) is 35.0 Å². The normalized spacial score (nSPS) is 10.6. The van der Waals surface area contributed by atoms with Crippen LogP contribution in [0.1, 0.15) is 5.69 Å². The molecule has 3 aromatic heterocycles. The number of rotatable bonds is 4. The molecular formula is C15H16N6O. The number of nitrogens with zero attached hydrogens (tertiary/aromatic N) is 5. The molecule has 7 heteroatoms. The van der Waals surface area contributed by atoms with Gasteiger partial charge >= 0.3 is 0 Å². The van der Waals surface area contributed by atoms with Gasteiger partial charge in [0.15, 0.2) is 0 Å². The number of amides is 1. The van der Waals surface area contributed by atoms with Crippen molar-refractivity contribution in [1.29, 1.82) is 0 Å². The zero-order valence-electron chi connectivity index (χ0n) is 12.4. The average Bonchev–Trinajstić information content (AvgIpc) is 3.07. The summed E-state index contributed by atoms with van der Waals surface area (Å²) in [6, 6.07) is 7.45. The number of aromatic nitrogens is 5. The van der Waals surface area contributed by atoms with E-state index in [0.29, 0.717) is 5.82 Å². The number of pyridine rings is 1. The van der Waals surface area contributed by atoms with Crippen LogP contribution in [0.5, 0.6) is 0 Å². The monoisotopic (exact) mass is 296 g/mol. The van der Waals surface area contributed by atoms with E-state index in [1.807, 2.05) is 31.2 Å². The third-order valence-electron chi connectivity index (χ3n) is 3.19. The van der Waals surface area contributed by atoms with Gasteiger partial charge in [-0.1, -0.05) is 0 Å². The largest absolute Gasteiger partial charge is 0.309 e. The van der Waals surface area contributed by atoms with Crippen LogP contribution >= 0.6 is 0 Å². The van der Waals surface area contributed by atoms with Gasteiger partial charge in [0.2, 0.25) is 5.91 Å². The molecule has 0 saturated heterocycles. The molecule has 0 unspecified atom stereocenters. The van der Waals surface area contributed by atoms with Gasteiger partial charge in [-0.05, 0) is 25.1 Å². The first-order valence-electron chi connectivity index (χ1n) is 6.86. The Hall–Kier alpha value is -2.96. The second-order valence-corrected chi connectivity index (χ2v) is 4.98. The Morgan fingerprint density at radius 1 is 1.23 bits per heavy atom. The molecule has 1 N–H and O–H groups in total. The SMILES string of the molecule is Cc1cc(NC(=O)Cn2ccc(-c3ccncc3)n2)n(C)n1. The lowest BCUT2D eigenvalue weighted by atomic mass is 10.2. The van der Waals surface area contributed by atoms with E-state index in [1.165, 1.54) is 0 Å². The Morgan fingerprint density at radius 2 is 2.00 bits per heavy atom. The highest BCUT2D eigenvalue weighted by Gasteiger charge is 2.09. The number of aryl methyl sites for hydroxylation is 2. The van der Waals surface area contributed by atoms with Crippen molar-refractivity contribution in [2.75, 3.05) is 5.32 Å². The van der Waals surface area contributed by atoms with Gasteiger partial charge in [0.05, 0.1) is 11.4 Å². The molecule has 112 valence electrons. The highest BCUT2D eigenvalue weighted by atomic mass is 16.2. The highest BCUT2D eigenvalue weighted by molar-refractivity contribution is 5.89. The van der Waals surface area contributed by atoms with Gasteiger partial charge in [0, 0.05) is 37.3 Å². The minimum absolute atomic E-state index is 0.146. The molecule has 22 heavy (non-hydrogen) atoms. The second-order valence-electron chi connectivity index (χ2n) is 4.98. The summed E-state index contributed by atoms with van der Waals surface area (Å²) >= 11 is 0. The molecule has 0 radical (unpaired) electrons. The van der Waals surface area contributed by atoms with Gasteiger partial charge in [0.1, 0.15) is 12.4 Å².